The van der Waals surface area contributed by atoms with E-state index in [1.807, 2.05) is 6.07 Å². The molecule has 1 atom stereocenters. The number of nitrogens with zero attached hydrogens (tertiary/aromatic N) is 5. The van der Waals surface area contributed by atoms with Crippen LogP contribution in [-0.4, -0.2) is 89.1 Å². The maximum Gasteiger partial charge on any atom is 0.255 e. The molecule has 2 N–H and O–H groups in total. The van der Waals surface area contributed by atoms with Crippen molar-refractivity contribution >= 4 is 40.2 Å². The van der Waals surface area contributed by atoms with Gasteiger partial charge < -0.3 is 29.3 Å². The van der Waals surface area contributed by atoms with E-state index in [0.717, 1.165) is 104 Å². The molecule has 4 heterocycles. The van der Waals surface area contributed by atoms with Gasteiger partial charge in [0.2, 0.25) is 11.8 Å². The first-order chi connectivity index (χ1) is 34.0. The lowest BCUT2D eigenvalue weighted by Gasteiger charge is -2.36. The van der Waals surface area contributed by atoms with Gasteiger partial charge in [0.25, 0.3) is 11.8 Å². The summed E-state index contributed by atoms with van der Waals surface area (Å²) in [6.07, 6.45) is 6.27. The molecule has 10 rings (SSSR count). The number of nitrogens with one attached hydrogen (secondary N) is 2. The SMILES string of the molecule is COc1ccc(COc2c(F)cc(C(=O)NC[C@H]3CC[C@H](n4cc5ccc(N6CCN(Cc7ccc(COc8cccc9c8CN(C8CCC(=O)NC8=O)C9=O)cc7)CC6)cc5n4)CC3)cc2F)cc1. The highest BCUT2D eigenvalue weighted by atomic mass is 19.1. The minimum atomic E-state index is -0.931. The molecule has 1 aliphatic carbocycles. The lowest BCUT2D eigenvalue weighted by molar-refractivity contribution is -0.136. The number of anilines is 1. The van der Waals surface area contributed by atoms with E-state index in [1.54, 1.807) is 43.5 Å². The van der Waals surface area contributed by atoms with E-state index >= 15 is 0 Å². The number of halogens is 2. The highest BCUT2D eigenvalue weighted by molar-refractivity contribution is 6.05. The number of benzene rings is 5. The maximum absolute atomic E-state index is 14.9. The first kappa shape index (κ1) is 46.4. The summed E-state index contributed by atoms with van der Waals surface area (Å²) < 4.78 is 48.7. The van der Waals surface area contributed by atoms with Crippen molar-refractivity contribution in [2.75, 3.05) is 44.7 Å². The number of piperazine rings is 1. The Morgan fingerprint density at radius 2 is 1.50 bits per heavy atom. The molecule has 0 radical (unpaired) electrons. The number of ether oxygens (including phenoxy) is 3. The maximum atomic E-state index is 14.9. The first-order valence-electron chi connectivity index (χ1n) is 24.0. The molecule has 4 aliphatic rings. The van der Waals surface area contributed by atoms with Gasteiger partial charge in [0.15, 0.2) is 17.4 Å². The van der Waals surface area contributed by atoms with E-state index < -0.39 is 35.2 Å². The minimum absolute atomic E-state index is 0.0369. The lowest BCUT2D eigenvalue weighted by atomic mass is 9.86. The van der Waals surface area contributed by atoms with Crippen LogP contribution in [0.4, 0.5) is 14.5 Å². The minimum Gasteiger partial charge on any atom is -0.497 e. The number of hydrogen-bond donors (Lipinski definition) is 2. The quantitative estimate of drug-likeness (QED) is 0.0981. The molecule has 362 valence electrons. The Hall–Kier alpha value is -7.33. The average molecular weight is 952 g/mol. The fourth-order valence-corrected chi connectivity index (χ4v) is 10.1. The second-order valence-corrected chi connectivity index (χ2v) is 18.7. The molecule has 5 aromatic carbocycles. The summed E-state index contributed by atoms with van der Waals surface area (Å²) in [5.74, 6) is -2.35. The van der Waals surface area contributed by atoms with Crippen LogP contribution < -0.4 is 29.7 Å². The number of fused-ring (bicyclic) bond motifs is 2. The van der Waals surface area contributed by atoms with Crippen LogP contribution in [0, 0.1) is 17.6 Å². The molecular formula is C54H55F2N7O7. The molecule has 6 aromatic rings. The van der Waals surface area contributed by atoms with Gasteiger partial charge in [-0.05, 0) is 109 Å². The molecule has 1 saturated carbocycles. The Morgan fingerprint density at radius 3 is 2.21 bits per heavy atom. The zero-order chi connectivity index (χ0) is 48.3. The van der Waals surface area contributed by atoms with Crippen LogP contribution in [0.5, 0.6) is 17.2 Å². The van der Waals surface area contributed by atoms with Gasteiger partial charge in [0.05, 0.1) is 25.2 Å². The highest BCUT2D eigenvalue weighted by Gasteiger charge is 2.40. The molecular weight excluding hydrogens is 897 g/mol. The topological polar surface area (TPSA) is 148 Å². The van der Waals surface area contributed by atoms with Crippen molar-refractivity contribution in [1.82, 2.24) is 30.2 Å². The van der Waals surface area contributed by atoms with Crippen molar-refractivity contribution < 1.29 is 42.2 Å². The zero-order valence-corrected chi connectivity index (χ0v) is 39.0. The van der Waals surface area contributed by atoms with Gasteiger partial charge in [-0.3, -0.25) is 34.1 Å². The van der Waals surface area contributed by atoms with E-state index in [0.29, 0.717) is 36.6 Å². The van der Waals surface area contributed by atoms with Gasteiger partial charge in [-0.1, -0.05) is 42.5 Å². The summed E-state index contributed by atoms with van der Waals surface area (Å²) in [6, 6.07) is 28.9. The van der Waals surface area contributed by atoms with Gasteiger partial charge in [-0.25, -0.2) is 8.78 Å². The second kappa shape index (κ2) is 20.3. The monoisotopic (exact) mass is 951 g/mol. The summed E-state index contributed by atoms with van der Waals surface area (Å²) in [7, 11) is 1.56. The summed E-state index contributed by atoms with van der Waals surface area (Å²) in [4.78, 5) is 56.8. The fourth-order valence-electron chi connectivity index (χ4n) is 10.1. The van der Waals surface area contributed by atoms with Crippen molar-refractivity contribution in [3.63, 3.8) is 0 Å². The van der Waals surface area contributed by atoms with Crippen molar-refractivity contribution in [3.05, 3.63) is 148 Å². The third kappa shape index (κ3) is 10.2. The summed E-state index contributed by atoms with van der Waals surface area (Å²) in [5, 5.41) is 11.4. The van der Waals surface area contributed by atoms with E-state index in [1.165, 1.54) is 10.5 Å². The number of carbonyl (C=O) groups excluding carboxylic acids is 4. The fraction of sp³-hybridized carbons (Fsp3) is 0.352. The number of hydrogen-bond acceptors (Lipinski definition) is 10. The van der Waals surface area contributed by atoms with Crippen LogP contribution in [0.1, 0.15) is 87.5 Å². The van der Waals surface area contributed by atoms with Crippen molar-refractivity contribution in [3.8, 4) is 17.2 Å². The number of aromatic nitrogens is 2. The van der Waals surface area contributed by atoms with Crippen LogP contribution in [-0.2, 0) is 35.9 Å². The zero-order valence-electron chi connectivity index (χ0n) is 39.0. The molecule has 0 spiro atoms. The molecule has 1 aromatic heterocycles. The Morgan fingerprint density at radius 1 is 0.800 bits per heavy atom. The van der Waals surface area contributed by atoms with Gasteiger partial charge in [0.1, 0.15) is 30.8 Å². The van der Waals surface area contributed by atoms with Crippen LogP contribution in [0.2, 0.25) is 0 Å². The number of rotatable bonds is 15. The predicted molar refractivity (Wildman–Crippen MR) is 257 cm³/mol. The van der Waals surface area contributed by atoms with E-state index in [-0.39, 0.29) is 48.9 Å². The molecule has 3 aliphatic heterocycles. The van der Waals surface area contributed by atoms with Crippen molar-refractivity contribution in [2.24, 2.45) is 5.92 Å². The van der Waals surface area contributed by atoms with Gasteiger partial charge in [0, 0.05) is 79.7 Å². The molecule has 16 heteroatoms. The third-order valence-corrected chi connectivity index (χ3v) is 14.2. The molecule has 1 unspecified atom stereocenters. The molecule has 4 amide bonds. The van der Waals surface area contributed by atoms with Crippen LogP contribution in [0.15, 0.2) is 103 Å². The van der Waals surface area contributed by atoms with Crippen LogP contribution in [0.25, 0.3) is 10.9 Å². The number of imide groups is 1. The van der Waals surface area contributed by atoms with Crippen LogP contribution >= 0.6 is 0 Å². The summed E-state index contributed by atoms with van der Waals surface area (Å²) in [5.41, 5.74) is 6.27. The number of carbonyl (C=O) groups is 4. The number of methoxy groups -OCH3 is 1. The normalized spacial score (nSPS) is 19.5. The molecule has 14 nitrogen and oxygen atoms in total. The predicted octanol–water partition coefficient (Wildman–Crippen LogP) is 7.73. The Labute approximate surface area is 404 Å². The van der Waals surface area contributed by atoms with Gasteiger partial charge >= 0.3 is 0 Å². The molecule has 3 fully saturated rings. The average Bonchev–Trinajstić information content (AvgIpc) is 3.96. The number of piperidine rings is 1. The summed E-state index contributed by atoms with van der Waals surface area (Å²) in [6.45, 7) is 5.48. The van der Waals surface area contributed by atoms with E-state index in [9.17, 15) is 28.0 Å². The summed E-state index contributed by atoms with van der Waals surface area (Å²) >= 11 is 0. The first-order valence-corrected chi connectivity index (χ1v) is 24.0. The van der Waals surface area contributed by atoms with Crippen molar-refractivity contribution in [2.45, 2.75) is 76.9 Å². The standard InChI is InChI=1S/C54H55F2N7O7/c1-68-42-17-11-37(12-18-42)33-70-51-45(55)25-39(26-46(51)56)52(65)57-28-34-9-14-40(15-10-34)63-30-38-13-16-41(27-47(38)59-63)61-23-21-60(22-24-61)29-35-5-7-36(8-6-35)32-69-49-4-2-3-43-44(49)31-62(54(43)67)48-19-20-50(64)58-53(48)66/h2-8,11-13,16-18,25-27,30,34,40,48H,9-10,14-15,19-24,28-29,31-33H2,1H3,(H,57,65)(H,58,64,66)/t34-,40-,48?. The van der Waals surface area contributed by atoms with E-state index in [2.05, 4.69) is 73.8 Å². The van der Waals surface area contributed by atoms with E-state index in [4.69, 9.17) is 19.3 Å². The van der Waals surface area contributed by atoms with Gasteiger partial charge in [-0.2, -0.15) is 5.10 Å². The number of amides is 4. The smallest absolute Gasteiger partial charge is 0.255 e. The van der Waals surface area contributed by atoms with Crippen molar-refractivity contribution in [1.29, 1.82) is 0 Å². The Balaban J connectivity index is 0.656. The molecule has 70 heavy (non-hydrogen) atoms. The van der Waals surface area contributed by atoms with Crippen LogP contribution in [0.3, 0.4) is 0 Å². The molecule has 2 saturated heterocycles. The van der Waals surface area contributed by atoms with Gasteiger partial charge in [-0.15, -0.1) is 0 Å². The second-order valence-electron chi connectivity index (χ2n) is 18.7. The Bertz CT molecular complexity index is 2890. The highest BCUT2D eigenvalue weighted by Crippen LogP contribution is 2.36. The largest absolute Gasteiger partial charge is 0.497 e. The third-order valence-electron chi connectivity index (χ3n) is 14.2. The lowest BCUT2D eigenvalue weighted by Crippen LogP contribution is -2.52. The molecule has 0 bridgehead atoms. The Kier molecular flexibility index (Phi) is 13.5.